The van der Waals surface area contributed by atoms with Crippen LogP contribution in [0.4, 0.5) is 5.82 Å². The molecule has 0 amide bonds. The lowest BCUT2D eigenvalue weighted by molar-refractivity contribution is 0.792. The van der Waals surface area contributed by atoms with Crippen molar-refractivity contribution < 1.29 is 0 Å². The fourth-order valence-corrected chi connectivity index (χ4v) is 2.68. The summed E-state index contributed by atoms with van der Waals surface area (Å²) in [5.41, 5.74) is 9.12. The van der Waals surface area contributed by atoms with Gasteiger partial charge in [0.2, 0.25) is 0 Å². The van der Waals surface area contributed by atoms with Crippen LogP contribution in [-0.4, -0.2) is 14.5 Å². The van der Waals surface area contributed by atoms with Crippen molar-refractivity contribution in [2.75, 3.05) is 5.73 Å². The van der Waals surface area contributed by atoms with Crippen LogP contribution in [0.2, 0.25) is 0 Å². The number of rotatable bonds is 2. The average molecular weight is 342 g/mol. The number of benzene rings is 1. The summed E-state index contributed by atoms with van der Waals surface area (Å²) in [6.45, 7) is 2.53. The minimum Gasteiger partial charge on any atom is -0.383 e. The summed E-state index contributed by atoms with van der Waals surface area (Å²) in [4.78, 5) is 8.28. The summed E-state index contributed by atoms with van der Waals surface area (Å²) in [6, 6.07) is 10.3. The van der Waals surface area contributed by atoms with Gasteiger partial charge in [-0.3, -0.25) is 0 Å². The molecule has 104 valence electrons. The number of nitriles is 1. The molecule has 0 saturated heterocycles. The molecule has 0 aliphatic rings. The maximum atomic E-state index is 9.38. The number of nitrogens with zero attached hydrogens (tertiary/aromatic N) is 4. The fourth-order valence-electron chi connectivity index (χ4n) is 2.41. The first-order valence-electron chi connectivity index (χ1n) is 6.35. The van der Waals surface area contributed by atoms with E-state index in [2.05, 4.69) is 32.0 Å². The Labute approximate surface area is 130 Å². The number of fused-ring (bicyclic) bond motifs is 1. The van der Waals surface area contributed by atoms with Crippen molar-refractivity contribution >= 4 is 32.8 Å². The Morgan fingerprint density at radius 2 is 2.00 bits per heavy atom. The maximum absolute atomic E-state index is 9.38. The van der Waals surface area contributed by atoms with Gasteiger partial charge in [0, 0.05) is 16.7 Å². The van der Waals surface area contributed by atoms with Gasteiger partial charge in [-0.2, -0.15) is 5.26 Å². The largest absolute Gasteiger partial charge is 0.383 e. The molecule has 2 aromatic heterocycles. The lowest BCUT2D eigenvalue weighted by atomic mass is 10.2. The summed E-state index contributed by atoms with van der Waals surface area (Å²) >= 11 is 3.42. The second-order valence-corrected chi connectivity index (χ2v) is 5.66. The van der Waals surface area contributed by atoms with Gasteiger partial charge < -0.3 is 10.3 Å². The van der Waals surface area contributed by atoms with Crippen LogP contribution in [-0.2, 0) is 6.54 Å². The number of aromatic nitrogens is 3. The highest BCUT2D eigenvalue weighted by Gasteiger charge is 2.17. The maximum Gasteiger partial charge on any atom is 0.147 e. The number of nitrogen functional groups attached to an aromatic ring is 1. The quantitative estimate of drug-likeness (QED) is 0.776. The highest BCUT2D eigenvalue weighted by molar-refractivity contribution is 9.10. The average Bonchev–Trinajstić information content (AvgIpc) is 2.75. The van der Waals surface area contributed by atoms with Gasteiger partial charge in [-0.1, -0.05) is 28.1 Å². The van der Waals surface area contributed by atoms with Crippen LogP contribution in [0, 0.1) is 18.3 Å². The predicted molar refractivity (Wildman–Crippen MR) is 84.6 cm³/mol. The van der Waals surface area contributed by atoms with E-state index in [0.717, 1.165) is 15.7 Å². The van der Waals surface area contributed by atoms with Crippen LogP contribution in [0.5, 0.6) is 0 Å². The minimum atomic E-state index is 0.342. The Morgan fingerprint density at radius 3 is 2.67 bits per heavy atom. The van der Waals surface area contributed by atoms with Crippen molar-refractivity contribution in [3.8, 4) is 6.07 Å². The third-order valence-electron chi connectivity index (χ3n) is 3.49. The molecule has 0 saturated carbocycles. The first-order valence-corrected chi connectivity index (χ1v) is 7.15. The van der Waals surface area contributed by atoms with Gasteiger partial charge in [0.1, 0.15) is 23.9 Å². The fraction of sp³-hybridized carbons (Fsp3) is 0.133. The summed E-state index contributed by atoms with van der Waals surface area (Å²) in [5, 5.41) is 10.0. The Morgan fingerprint density at radius 1 is 1.29 bits per heavy atom. The molecular formula is C15H12BrN5. The zero-order valence-electron chi connectivity index (χ0n) is 11.3. The van der Waals surface area contributed by atoms with Gasteiger partial charge in [0.05, 0.1) is 10.9 Å². The number of hydrogen-bond acceptors (Lipinski definition) is 4. The number of halogens is 1. The van der Waals surface area contributed by atoms with Crippen LogP contribution < -0.4 is 5.73 Å². The van der Waals surface area contributed by atoms with E-state index in [1.165, 1.54) is 6.33 Å². The zero-order chi connectivity index (χ0) is 15.0. The van der Waals surface area contributed by atoms with E-state index in [-0.39, 0.29) is 0 Å². The molecule has 0 unspecified atom stereocenters. The van der Waals surface area contributed by atoms with Crippen molar-refractivity contribution in [3.05, 3.63) is 51.9 Å². The van der Waals surface area contributed by atoms with Gasteiger partial charge in [-0.15, -0.1) is 0 Å². The summed E-state index contributed by atoms with van der Waals surface area (Å²) in [6.07, 6.45) is 1.43. The summed E-state index contributed by atoms with van der Waals surface area (Å²) in [5.74, 6) is 0.342. The minimum absolute atomic E-state index is 0.342. The molecule has 0 spiro atoms. The molecule has 0 aliphatic heterocycles. The van der Waals surface area contributed by atoms with E-state index in [1.54, 1.807) is 0 Å². The van der Waals surface area contributed by atoms with Crippen LogP contribution in [0.15, 0.2) is 35.1 Å². The Bertz CT molecular complexity index is 858. The molecule has 0 fully saturated rings. The first kappa shape index (κ1) is 13.6. The van der Waals surface area contributed by atoms with Crippen molar-refractivity contribution in [2.45, 2.75) is 13.5 Å². The lowest BCUT2D eigenvalue weighted by Crippen LogP contribution is -2.03. The molecule has 2 heterocycles. The van der Waals surface area contributed by atoms with Crippen molar-refractivity contribution in [1.29, 1.82) is 5.26 Å². The van der Waals surface area contributed by atoms with Gasteiger partial charge in [0.15, 0.2) is 0 Å². The van der Waals surface area contributed by atoms with Gasteiger partial charge >= 0.3 is 0 Å². The van der Waals surface area contributed by atoms with E-state index in [0.29, 0.717) is 29.0 Å². The third-order valence-corrected chi connectivity index (χ3v) is 4.02. The number of hydrogen-bond donors (Lipinski definition) is 1. The molecule has 1 aromatic carbocycles. The zero-order valence-corrected chi connectivity index (χ0v) is 12.9. The first-order chi connectivity index (χ1) is 10.1. The molecular weight excluding hydrogens is 330 g/mol. The SMILES string of the molecule is Cc1c(C#N)c2c(N)ncnc2n1Cc1ccc(Br)cc1. The molecule has 0 atom stereocenters. The van der Waals surface area contributed by atoms with Gasteiger partial charge in [0.25, 0.3) is 0 Å². The monoisotopic (exact) mass is 341 g/mol. The van der Waals surface area contributed by atoms with Crippen LogP contribution in [0.1, 0.15) is 16.8 Å². The standard InChI is InChI=1S/C15H12BrN5/c1-9-12(6-17)13-14(18)19-8-20-15(13)21(9)7-10-2-4-11(16)5-3-10/h2-5,8H,7H2,1H3,(H2,18,19,20). The summed E-state index contributed by atoms with van der Waals surface area (Å²) in [7, 11) is 0. The van der Waals surface area contributed by atoms with Crippen molar-refractivity contribution in [2.24, 2.45) is 0 Å². The Hall–Kier alpha value is -2.39. The Kier molecular flexibility index (Phi) is 3.35. The topological polar surface area (TPSA) is 80.5 Å². The molecule has 0 bridgehead atoms. The van der Waals surface area contributed by atoms with Crippen LogP contribution >= 0.6 is 15.9 Å². The summed E-state index contributed by atoms with van der Waals surface area (Å²) < 4.78 is 3.03. The molecule has 2 N–H and O–H groups in total. The normalized spacial score (nSPS) is 10.7. The second-order valence-electron chi connectivity index (χ2n) is 4.74. The van der Waals surface area contributed by atoms with Crippen molar-refractivity contribution in [3.63, 3.8) is 0 Å². The van der Waals surface area contributed by atoms with Crippen LogP contribution in [0.3, 0.4) is 0 Å². The molecule has 0 aliphatic carbocycles. The van der Waals surface area contributed by atoms with E-state index in [4.69, 9.17) is 5.73 Å². The third kappa shape index (κ3) is 2.26. The van der Waals surface area contributed by atoms with Crippen molar-refractivity contribution in [1.82, 2.24) is 14.5 Å². The highest BCUT2D eigenvalue weighted by Crippen LogP contribution is 2.28. The van der Waals surface area contributed by atoms with Crippen LogP contribution in [0.25, 0.3) is 11.0 Å². The van der Waals surface area contributed by atoms with Gasteiger partial charge in [-0.05, 0) is 24.6 Å². The van der Waals surface area contributed by atoms with E-state index in [9.17, 15) is 5.26 Å². The van der Waals surface area contributed by atoms with E-state index < -0.39 is 0 Å². The predicted octanol–water partition coefficient (Wildman–Crippen LogP) is 3.00. The molecule has 3 rings (SSSR count). The van der Waals surface area contributed by atoms with E-state index >= 15 is 0 Å². The second kappa shape index (κ2) is 5.19. The molecule has 5 nitrogen and oxygen atoms in total. The van der Waals surface area contributed by atoms with E-state index in [1.807, 2.05) is 35.8 Å². The highest BCUT2D eigenvalue weighted by atomic mass is 79.9. The molecule has 21 heavy (non-hydrogen) atoms. The number of anilines is 1. The lowest BCUT2D eigenvalue weighted by Gasteiger charge is -2.08. The molecule has 0 radical (unpaired) electrons. The Balaban J connectivity index is 2.19. The van der Waals surface area contributed by atoms with Gasteiger partial charge in [-0.25, -0.2) is 9.97 Å². The molecule has 3 aromatic rings. The molecule has 6 heteroatoms. The number of nitrogens with two attached hydrogens (primary N) is 1. The smallest absolute Gasteiger partial charge is 0.147 e.